The molecule has 2 atom stereocenters. The molecule has 1 fully saturated rings. The number of halogens is 1. The van der Waals surface area contributed by atoms with Gasteiger partial charge in [0.1, 0.15) is 0 Å². The second kappa shape index (κ2) is 4.63. The summed E-state index contributed by atoms with van der Waals surface area (Å²) in [5, 5.41) is 0. The van der Waals surface area contributed by atoms with E-state index >= 15 is 0 Å². The molecule has 0 spiro atoms. The summed E-state index contributed by atoms with van der Waals surface area (Å²) in [7, 11) is 0. The van der Waals surface area contributed by atoms with Gasteiger partial charge in [0.2, 0.25) is 0 Å². The smallest absolute Gasteiger partial charge is 0.0109 e. The molecule has 2 N–H and O–H groups in total. The highest BCUT2D eigenvalue weighted by Crippen LogP contribution is 2.32. The molecular weight excluding hydrogens is 194 g/mol. The average Bonchev–Trinajstić information content (AvgIpc) is 2.83. The summed E-state index contributed by atoms with van der Waals surface area (Å²) in [6, 6.07) is 10.9. The molecule has 0 saturated heterocycles. The standard InChI is InChI=1S/C12H15N.ClH/c1-9(7-11-8-12(11)13)10-5-3-2-4-6-10;/h2-7,11-12H,8,13H2,1H3;1H/b9-7+;. The molecule has 1 aliphatic carbocycles. The third kappa shape index (κ3) is 2.60. The van der Waals surface area contributed by atoms with Crippen molar-refractivity contribution in [2.24, 2.45) is 11.7 Å². The lowest BCUT2D eigenvalue weighted by atomic mass is 10.1. The Morgan fingerprint density at radius 1 is 1.36 bits per heavy atom. The third-order valence-corrected chi connectivity index (χ3v) is 2.58. The molecule has 14 heavy (non-hydrogen) atoms. The van der Waals surface area contributed by atoms with Crippen LogP contribution >= 0.6 is 12.4 Å². The van der Waals surface area contributed by atoms with Crippen molar-refractivity contribution in [3.63, 3.8) is 0 Å². The van der Waals surface area contributed by atoms with Gasteiger partial charge >= 0.3 is 0 Å². The highest BCUT2D eigenvalue weighted by atomic mass is 35.5. The van der Waals surface area contributed by atoms with Crippen LogP contribution in [0.4, 0.5) is 0 Å². The van der Waals surface area contributed by atoms with E-state index in [9.17, 15) is 0 Å². The summed E-state index contributed by atoms with van der Waals surface area (Å²) in [4.78, 5) is 0. The van der Waals surface area contributed by atoms with Crippen LogP contribution in [-0.2, 0) is 0 Å². The molecule has 2 rings (SSSR count). The fraction of sp³-hybridized carbons (Fsp3) is 0.333. The predicted octanol–water partition coefficient (Wildman–Crippen LogP) is 2.86. The Bertz CT molecular complexity index is 318. The lowest BCUT2D eigenvalue weighted by Gasteiger charge is -1.99. The van der Waals surface area contributed by atoms with Gasteiger partial charge in [-0.25, -0.2) is 0 Å². The quantitative estimate of drug-likeness (QED) is 0.797. The van der Waals surface area contributed by atoms with Crippen LogP contribution in [0.25, 0.3) is 5.57 Å². The Morgan fingerprint density at radius 2 is 1.93 bits per heavy atom. The van der Waals surface area contributed by atoms with Crippen LogP contribution in [-0.4, -0.2) is 6.04 Å². The predicted molar refractivity (Wildman–Crippen MR) is 63.4 cm³/mol. The zero-order chi connectivity index (χ0) is 9.26. The Balaban J connectivity index is 0.000000980. The van der Waals surface area contributed by atoms with Gasteiger partial charge in [0.05, 0.1) is 0 Å². The van der Waals surface area contributed by atoms with E-state index < -0.39 is 0 Å². The monoisotopic (exact) mass is 209 g/mol. The molecule has 1 aromatic carbocycles. The Labute approximate surface area is 91.4 Å². The van der Waals surface area contributed by atoms with E-state index in [2.05, 4.69) is 37.3 Å². The molecule has 0 bridgehead atoms. The molecule has 2 heteroatoms. The molecule has 2 unspecified atom stereocenters. The molecule has 1 nitrogen and oxygen atoms in total. The van der Waals surface area contributed by atoms with Crippen LogP contribution in [0.5, 0.6) is 0 Å². The first-order chi connectivity index (χ1) is 6.27. The van der Waals surface area contributed by atoms with Gasteiger partial charge < -0.3 is 5.73 Å². The maximum absolute atomic E-state index is 5.75. The van der Waals surface area contributed by atoms with Crippen molar-refractivity contribution >= 4 is 18.0 Å². The van der Waals surface area contributed by atoms with Gasteiger partial charge in [0, 0.05) is 6.04 Å². The maximum Gasteiger partial charge on any atom is 0.0109 e. The van der Waals surface area contributed by atoms with Crippen LogP contribution in [0, 0.1) is 5.92 Å². The molecule has 1 aliphatic rings. The summed E-state index contributed by atoms with van der Waals surface area (Å²) in [5.74, 6) is 0.625. The van der Waals surface area contributed by atoms with Crippen molar-refractivity contribution in [2.75, 3.05) is 0 Å². The summed E-state index contributed by atoms with van der Waals surface area (Å²) in [5.41, 5.74) is 8.40. The lowest BCUT2D eigenvalue weighted by Crippen LogP contribution is -2.00. The largest absolute Gasteiger partial charge is 0.327 e. The number of hydrogen-bond donors (Lipinski definition) is 1. The fourth-order valence-electron chi connectivity index (χ4n) is 1.55. The van der Waals surface area contributed by atoms with Crippen LogP contribution in [0.15, 0.2) is 36.4 Å². The highest BCUT2D eigenvalue weighted by molar-refractivity contribution is 5.85. The van der Waals surface area contributed by atoms with Crippen molar-refractivity contribution in [1.82, 2.24) is 0 Å². The number of rotatable bonds is 2. The number of hydrogen-bond acceptors (Lipinski definition) is 1. The van der Waals surface area contributed by atoms with E-state index in [1.165, 1.54) is 11.1 Å². The normalized spacial score (nSPS) is 25.4. The fourth-order valence-corrected chi connectivity index (χ4v) is 1.55. The van der Waals surface area contributed by atoms with Gasteiger partial charge in [-0.15, -0.1) is 12.4 Å². The molecule has 0 aromatic heterocycles. The Morgan fingerprint density at radius 3 is 2.43 bits per heavy atom. The minimum atomic E-state index is 0. The second-order valence-electron chi connectivity index (χ2n) is 3.78. The van der Waals surface area contributed by atoms with E-state index in [1.54, 1.807) is 0 Å². The van der Waals surface area contributed by atoms with Crippen molar-refractivity contribution in [3.05, 3.63) is 42.0 Å². The van der Waals surface area contributed by atoms with Crippen LogP contribution in [0.3, 0.4) is 0 Å². The lowest BCUT2D eigenvalue weighted by molar-refractivity contribution is 0.976. The summed E-state index contributed by atoms with van der Waals surface area (Å²) in [6.07, 6.45) is 3.45. The van der Waals surface area contributed by atoms with Gasteiger partial charge in [-0.05, 0) is 30.4 Å². The van der Waals surface area contributed by atoms with Crippen LogP contribution in [0.1, 0.15) is 18.9 Å². The van der Waals surface area contributed by atoms with E-state index in [1.807, 2.05) is 6.07 Å². The zero-order valence-electron chi connectivity index (χ0n) is 8.31. The third-order valence-electron chi connectivity index (χ3n) is 2.58. The van der Waals surface area contributed by atoms with Gasteiger partial charge in [0.15, 0.2) is 0 Å². The highest BCUT2D eigenvalue weighted by Gasteiger charge is 2.30. The second-order valence-corrected chi connectivity index (χ2v) is 3.78. The molecular formula is C12H16ClN. The summed E-state index contributed by atoms with van der Waals surface area (Å²) in [6.45, 7) is 2.15. The number of nitrogens with two attached hydrogens (primary N) is 1. The first-order valence-electron chi connectivity index (χ1n) is 4.77. The molecule has 0 amide bonds. The van der Waals surface area contributed by atoms with Gasteiger partial charge in [-0.1, -0.05) is 36.4 Å². The SMILES string of the molecule is C/C(=C\C1CC1N)c1ccccc1.Cl. The van der Waals surface area contributed by atoms with Crippen molar-refractivity contribution in [2.45, 2.75) is 19.4 Å². The zero-order valence-corrected chi connectivity index (χ0v) is 9.13. The topological polar surface area (TPSA) is 26.0 Å². The Hall–Kier alpha value is -0.790. The number of benzene rings is 1. The summed E-state index contributed by atoms with van der Waals surface area (Å²) >= 11 is 0. The molecule has 76 valence electrons. The molecule has 0 radical (unpaired) electrons. The first-order valence-corrected chi connectivity index (χ1v) is 4.77. The summed E-state index contributed by atoms with van der Waals surface area (Å²) < 4.78 is 0. The van der Waals surface area contributed by atoms with E-state index in [4.69, 9.17) is 5.73 Å². The van der Waals surface area contributed by atoms with Crippen molar-refractivity contribution in [1.29, 1.82) is 0 Å². The molecule has 0 aliphatic heterocycles. The van der Waals surface area contributed by atoms with Gasteiger partial charge in [0.25, 0.3) is 0 Å². The van der Waals surface area contributed by atoms with Crippen LogP contribution in [0.2, 0.25) is 0 Å². The van der Waals surface area contributed by atoms with E-state index in [0.29, 0.717) is 12.0 Å². The number of allylic oxidation sites excluding steroid dienone is 1. The van der Waals surface area contributed by atoms with E-state index in [0.717, 1.165) is 6.42 Å². The average molecular weight is 210 g/mol. The maximum atomic E-state index is 5.75. The first kappa shape index (κ1) is 11.3. The van der Waals surface area contributed by atoms with E-state index in [-0.39, 0.29) is 12.4 Å². The minimum absolute atomic E-state index is 0. The molecule has 0 heterocycles. The Kier molecular flexibility index (Phi) is 3.73. The van der Waals surface area contributed by atoms with Crippen molar-refractivity contribution in [3.8, 4) is 0 Å². The van der Waals surface area contributed by atoms with Crippen LogP contribution < -0.4 is 5.73 Å². The van der Waals surface area contributed by atoms with Crippen molar-refractivity contribution < 1.29 is 0 Å². The molecule has 1 saturated carbocycles. The van der Waals surface area contributed by atoms with Gasteiger partial charge in [-0.2, -0.15) is 0 Å². The molecule has 1 aromatic rings. The van der Waals surface area contributed by atoms with Gasteiger partial charge in [-0.3, -0.25) is 0 Å². The minimum Gasteiger partial charge on any atom is -0.327 e.